The molecule has 0 nitrogen and oxygen atoms in total. The Bertz CT molecular complexity index is 483. The maximum Gasteiger partial charge on any atom is 0.0561 e. The second-order valence-electron chi connectivity index (χ2n) is 5.45. The maximum absolute atomic E-state index is 2.50. The summed E-state index contributed by atoms with van der Waals surface area (Å²) in [5.74, 6) is 0. The molecule has 3 rings (SSSR count). The van der Waals surface area contributed by atoms with Gasteiger partial charge in [-0.2, -0.15) is 0 Å². The molecule has 1 heterocycles. The fourth-order valence-corrected chi connectivity index (χ4v) is 5.67. The molecule has 1 aliphatic rings. The first-order chi connectivity index (χ1) is 7.16. The Morgan fingerprint density at radius 2 is 1.40 bits per heavy atom. The molecular formula is C14H16Si. The topological polar surface area (TPSA) is 0 Å². The molecule has 2 aromatic rings. The first kappa shape index (κ1) is 9.17. The van der Waals surface area contributed by atoms with Crippen LogP contribution in [0.4, 0.5) is 0 Å². The second kappa shape index (κ2) is 2.95. The van der Waals surface area contributed by atoms with Crippen molar-refractivity contribution in [2.45, 2.75) is 25.2 Å². The van der Waals surface area contributed by atoms with E-state index in [2.05, 4.69) is 49.5 Å². The second-order valence-corrected chi connectivity index (χ2v) is 10.5. The lowest BCUT2D eigenvalue weighted by Gasteiger charge is -2.29. The lowest BCUT2D eigenvalue weighted by Crippen LogP contribution is -2.35. The van der Waals surface area contributed by atoms with Crippen molar-refractivity contribution in [2.24, 2.45) is 0 Å². The fourth-order valence-electron chi connectivity index (χ4n) is 2.89. The molecule has 0 bridgehead atoms. The third-order valence-electron chi connectivity index (χ3n) is 3.42. The van der Waals surface area contributed by atoms with Gasteiger partial charge in [-0.25, -0.2) is 0 Å². The highest BCUT2D eigenvalue weighted by Gasteiger charge is 2.27. The zero-order chi connectivity index (χ0) is 10.5. The van der Waals surface area contributed by atoms with E-state index in [1.54, 1.807) is 16.5 Å². The van der Waals surface area contributed by atoms with Crippen molar-refractivity contribution in [1.82, 2.24) is 0 Å². The Balaban J connectivity index is 2.36. The lowest BCUT2D eigenvalue weighted by atomic mass is 10.0. The molecule has 0 saturated heterocycles. The minimum Gasteiger partial charge on any atom is -0.0689 e. The minimum absolute atomic E-state index is 1.02. The fraction of sp³-hybridized carbons (Fsp3) is 0.286. The Kier molecular flexibility index (Phi) is 1.81. The van der Waals surface area contributed by atoms with Crippen molar-refractivity contribution in [1.29, 1.82) is 0 Å². The Morgan fingerprint density at radius 1 is 0.867 bits per heavy atom. The molecule has 0 radical (unpaired) electrons. The number of hydrogen-bond donors (Lipinski definition) is 0. The van der Waals surface area contributed by atoms with Crippen LogP contribution in [-0.2, 0) is 12.1 Å². The van der Waals surface area contributed by atoms with E-state index in [9.17, 15) is 0 Å². The third kappa shape index (κ3) is 1.42. The van der Waals surface area contributed by atoms with Gasteiger partial charge in [-0.3, -0.25) is 0 Å². The van der Waals surface area contributed by atoms with Gasteiger partial charge < -0.3 is 0 Å². The van der Waals surface area contributed by atoms with Crippen LogP contribution in [0.2, 0.25) is 13.1 Å². The summed E-state index contributed by atoms with van der Waals surface area (Å²) < 4.78 is 0. The lowest BCUT2D eigenvalue weighted by molar-refractivity contribution is 1.19. The molecule has 1 heteroatoms. The average molecular weight is 212 g/mol. The van der Waals surface area contributed by atoms with Crippen LogP contribution in [0.5, 0.6) is 0 Å². The molecule has 0 aromatic heterocycles. The predicted molar refractivity (Wildman–Crippen MR) is 68.8 cm³/mol. The van der Waals surface area contributed by atoms with Crippen molar-refractivity contribution >= 4 is 18.8 Å². The first-order valence-corrected chi connectivity index (χ1v) is 9.07. The molecular weight excluding hydrogens is 196 g/mol. The highest BCUT2D eigenvalue weighted by Crippen LogP contribution is 2.32. The van der Waals surface area contributed by atoms with E-state index in [1.807, 2.05) is 0 Å². The SMILES string of the molecule is C[Si]1(C)Cc2cccc3cccc(c23)C1. The molecule has 76 valence electrons. The van der Waals surface area contributed by atoms with Crippen LogP contribution in [0.1, 0.15) is 11.1 Å². The summed E-state index contributed by atoms with van der Waals surface area (Å²) in [5, 5.41) is 2.97. The normalized spacial score (nSPS) is 18.0. The summed E-state index contributed by atoms with van der Waals surface area (Å²) in [6.07, 6.45) is 0. The summed E-state index contributed by atoms with van der Waals surface area (Å²) in [7, 11) is -1.02. The van der Waals surface area contributed by atoms with Crippen molar-refractivity contribution in [3.05, 3.63) is 47.5 Å². The number of rotatable bonds is 0. The molecule has 0 amide bonds. The van der Waals surface area contributed by atoms with E-state index in [1.165, 1.54) is 17.5 Å². The van der Waals surface area contributed by atoms with Crippen molar-refractivity contribution in [3.8, 4) is 0 Å². The molecule has 0 atom stereocenters. The van der Waals surface area contributed by atoms with Gasteiger partial charge in [0.1, 0.15) is 0 Å². The van der Waals surface area contributed by atoms with Crippen LogP contribution < -0.4 is 0 Å². The summed E-state index contributed by atoms with van der Waals surface area (Å²) >= 11 is 0. The predicted octanol–water partition coefficient (Wildman–Crippen LogP) is 3.73. The summed E-state index contributed by atoms with van der Waals surface area (Å²) in [6.45, 7) is 5.00. The summed E-state index contributed by atoms with van der Waals surface area (Å²) in [6, 6.07) is 16.2. The van der Waals surface area contributed by atoms with Gasteiger partial charge in [0.25, 0.3) is 0 Å². The van der Waals surface area contributed by atoms with Gasteiger partial charge in [0, 0.05) is 0 Å². The maximum atomic E-state index is 2.50. The molecule has 0 unspecified atom stereocenters. The molecule has 2 aromatic carbocycles. The van der Waals surface area contributed by atoms with E-state index >= 15 is 0 Å². The monoisotopic (exact) mass is 212 g/mol. The van der Waals surface area contributed by atoms with Crippen LogP contribution in [0, 0.1) is 0 Å². The van der Waals surface area contributed by atoms with Gasteiger partial charge in [-0.15, -0.1) is 0 Å². The molecule has 15 heavy (non-hydrogen) atoms. The van der Waals surface area contributed by atoms with Crippen LogP contribution in [0.15, 0.2) is 36.4 Å². The van der Waals surface area contributed by atoms with Crippen molar-refractivity contribution in [3.63, 3.8) is 0 Å². The first-order valence-electron chi connectivity index (χ1n) is 5.65. The van der Waals surface area contributed by atoms with Gasteiger partial charge in [0.2, 0.25) is 0 Å². The molecule has 0 fully saturated rings. The molecule has 0 aliphatic carbocycles. The molecule has 1 aliphatic heterocycles. The van der Waals surface area contributed by atoms with Crippen molar-refractivity contribution < 1.29 is 0 Å². The van der Waals surface area contributed by atoms with E-state index in [4.69, 9.17) is 0 Å². The molecule has 0 saturated carbocycles. The van der Waals surface area contributed by atoms with Crippen molar-refractivity contribution in [2.75, 3.05) is 0 Å². The highest BCUT2D eigenvalue weighted by molar-refractivity contribution is 6.77. The standard InChI is InChI=1S/C14H16Si/c1-15(2)9-12-7-3-5-11-6-4-8-13(10-15)14(11)12/h3-8H,9-10H2,1-2H3. The quantitative estimate of drug-likeness (QED) is 0.584. The van der Waals surface area contributed by atoms with Gasteiger partial charge in [-0.05, 0) is 34.0 Å². The van der Waals surface area contributed by atoms with Crippen LogP contribution in [0.3, 0.4) is 0 Å². The van der Waals surface area contributed by atoms with Gasteiger partial charge in [0.05, 0.1) is 8.07 Å². The number of hydrogen-bond acceptors (Lipinski definition) is 0. The molecule has 0 spiro atoms. The Labute approximate surface area is 91.9 Å². The van der Waals surface area contributed by atoms with Gasteiger partial charge in [0.15, 0.2) is 0 Å². The van der Waals surface area contributed by atoms with Crippen LogP contribution >= 0.6 is 0 Å². The van der Waals surface area contributed by atoms with Gasteiger partial charge in [-0.1, -0.05) is 49.5 Å². The summed E-state index contributed by atoms with van der Waals surface area (Å²) in [4.78, 5) is 0. The molecule has 0 N–H and O–H groups in total. The highest BCUT2D eigenvalue weighted by atomic mass is 28.3. The van der Waals surface area contributed by atoms with E-state index < -0.39 is 8.07 Å². The minimum atomic E-state index is -1.02. The Hall–Kier alpha value is -1.08. The van der Waals surface area contributed by atoms with E-state index in [0.29, 0.717) is 0 Å². The zero-order valence-corrected chi connectivity index (χ0v) is 10.4. The van der Waals surface area contributed by atoms with Gasteiger partial charge >= 0.3 is 0 Å². The number of benzene rings is 2. The van der Waals surface area contributed by atoms with Crippen LogP contribution in [0.25, 0.3) is 10.8 Å². The summed E-state index contributed by atoms with van der Waals surface area (Å²) in [5.41, 5.74) is 3.18. The van der Waals surface area contributed by atoms with E-state index in [-0.39, 0.29) is 0 Å². The Morgan fingerprint density at radius 3 is 1.93 bits per heavy atom. The smallest absolute Gasteiger partial charge is 0.0561 e. The van der Waals surface area contributed by atoms with Crippen LogP contribution in [-0.4, -0.2) is 8.07 Å². The van der Waals surface area contributed by atoms with E-state index in [0.717, 1.165) is 0 Å². The largest absolute Gasteiger partial charge is 0.0689 e. The average Bonchev–Trinajstić information content (AvgIpc) is 2.16. The third-order valence-corrected chi connectivity index (χ3v) is 6.09. The zero-order valence-electron chi connectivity index (χ0n) is 9.38.